The fourth-order valence-electron chi connectivity index (χ4n) is 2.74. The van der Waals surface area contributed by atoms with Gasteiger partial charge in [-0.05, 0) is 43.9 Å². The van der Waals surface area contributed by atoms with Crippen molar-refractivity contribution < 1.29 is 4.79 Å². The quantitative estimate of drug-likeness (QED) is 0.775. The molecule has 0 atom stereocenters. The highest BCUT2D eigenvalue weighted by Gasteiger charge is 2.08. The van der Waals surface area contributed by atoms with E-state index >= 15 is 0 Å². The minimum atomic E-state index is -0.191. The van der Waals surface area contributed by atoms with Crippen LogP contribution in [0.5, 0.6) is 0 Å². The van der Waals surface area contributed by atoms with Gasteiger partial charge in [-0.3, -0.25) is 14.3 Å². The molecule has 0 aliphatic carbocycles. The summed E-state index contributed by atoms with van der Waals surface area (Å²) in [6.45, 7) is 0.842. The molecule has 0 aliphatic heterocycles. The van der Waals surface area contributed by atoms with Crippen molar-refractivity contribution in [2.75, 3.05) is 19.4 Å². The second-order valence-electron chi connectivity index (χ2n) is 6.17. The molecule has 25 heavy (non-hydrogen) atoms. The first kappa shape index (κ1) is 16.9. The van der Waals surface area contributed by atoms with Crippen LogP contribution in [0.3, 0.4) is 0 Å². The number of carbonyl (C=O) groups is 1. The van der Waals surface area contributed by atoms with Crippen molar-refractivity contribution in [3.05, 3.63) is 70.5 Å². The average Bonchev–Trinajstić information content (AvgIpc) is 2.57. The number of carbonyl (C=O) groups excluding carboxylic acids is 1. The van der Waals surface area contributed by atoms with Crippen LogP contribution in [-0.4, -0.2) is 34.7 Å². The molecule has 3 aromatic rings. The zero-order chi connectivity index (χ0) is 17.8. The Morgan fingerprint density at radius 2 is 1.96 bits per heavy atom. The van der Waals surface area contributed by atoms with Crippen LogP contribution in [-0.2, 0) is 17.9 Å². The van der Waals surface area contributed by atoms with Gasteiger partial charge in [0.1, 0.15) is 6.54 Å². The Morgan fingerprint density at radius 1 is 1.16 bits per heavy atom. The van der Waals surface area contributed by atoms with Gasteiger partial charge >= 0.3 is 0 Å². The number of para-hydroxylation sites is 1. The average molecular weight is 336 g/mol. The Kier molecular flexibility index (Phi) is 4.90. The largest absolute Gasteiger partial charge is 0.324 e. The van der Waals surface area contributed by atoms with E-state index in [0.29, 0.717) is 10.9 Å². The molecule has 0 fully saturated rings. The SMILES string of the molecule is CN(C)Cc1cccc(NC(=O)Cn2ncc(=O)c3ccccc32)c1. The van der Waals surface area contributed by atoms with Crippen molar-refractivity contribution in [1.29, 1.82) is 0 Å². The molecule has 1 aromatic heterocycles. The van der Waals surface area contributed by atoms with E-state index in [-0.39, 0.29) is 17.9 Å². The minimum Gasteiger partial charge on any atom is -0.324 e. The third-order valence-corrected chi connectivity index (χ3v) is 3.76. The van der Waals surface area contributed by atoms with Gasteiger partial charge in [-0.15, -0.1) is 0 Å². The first-order valence-corrected chi connectivity index (χ1v) is 8.01. The molecule has 2 aromatic carbocycles. The van der Waals surface area contributed by atoms with E-state index < -0.39 is 0 Å². The molecule has 1 heterocycles. The van der Waals surface area contributed by atoms with Crippen molar-refractivity contribution in [2.24, 2.45) is 0 Å². The highest BCUT2D eigenvalue weighted by Crippen LogP contribution is 2.13. The number of aromatic nitrogens is 2. The lowest BCUT2D eigenvalue weighted by Gasteiger charge is -2.12. The first-order chi connectivity index (χ1) is 12.0. The summed E-state index contributed by atoms with van der Waals surface area (Å²) < 4.78 is 1.54. The van der Waals surface area contributed by atoms with E-state index in [0.717, 1.165) is 17.8 Å². The van der Waals surface area contributed by atoms with Crippen LogP contribution in [0.4, 0.5) is 5.69 Å². The van der Waals surface area contributed by atoms with E-state index in [1.165, 1.54) is 10.9 Å². The van der Waals surface area contributed by atoms with E-state index in [9.17, 15) is 9.59 Å². The number of rotatable bonds is 5. The molecule has 0 saturated carbocycles. The van der Waals surface area contributed by atoms with Crippen LogP contribution in [0.15, 0.2) is 59.5 Å². The number of hydrogen-bond donors (Lipinski definition) is 1. The molecule has 0 saturated heterocycles. The lowest BCUT2D eigenvalue weighted by atomic mass is 10.2. The number of fused-ring (bicyclic) bond motifs is 1. The number of nitrogens with zero attached hydrogens (tertiary/aromatic N) is 3. The van der Waals surface area contributed by atoms with Crippen molar-refractivity contribution in [3.8, 4) is 0 Å². The summed E-state index contributed by atoms with van der Waals surface area (Å²) in [5.74, 6) is -0.191. The molecule has 6 heteroatoms. The maximum atomic E-state index is 12.4. The van der Waals surface area contributed by atoms with Crippen molar-refractivity contribution in [3.63, 3.8) is 0 Å². The predicted molar refractivity (Wildman–Crippen MR) is 98.5 cm³/mol. The maximum absolute atomic E-state index is 12.4. The van der Waals surface area contributed by atoms with Gasteiger partial charge in [0.15, 0.2) is 0 Å². The predicted octanol–water partition coefficient (Wildman–Crippen LogP) is 2.10. The summed E-state index contributed by atoms with van der Waals surface area (Å²) in [4.78, 5) is 26.3. The van der Waals surface area contributed by atoms with Crippen LogP contribution in [0.1, 0.15) is 5.56 Å². The summed E-state index contributed by atoms with van der Waals surface area (Å²) in [5.41, 5.74) is 2.36. The second-order valence-corrected chi connectivity index (χ2v) is 6.17. The van der Waals surface area contributed by atoms with E-state index in [1.807, 2.05) is 44.4 Å². The topological polar surface area (TPSA) is 67.2 Å². The standard InChI is InChI=1S/C19H20N4O2/c1-22(2)12-14-6-5-7-15(10-14)21-19(25)13-23-17-9-4-3-8-16(17)18(24)11-20-23/h3-11H,12-13H2,1-2H3,(H,21,25). The van der Waals surface area contributed by atoms with Crippen LogP contribution in [0.25, 0.3) is 10.9 Å². The summed E-state index contributed by atoms with van der Waals surface area (Å²) in [7, 11) is 4.00. The van der Waals surface area contributed by atoms with E-state index in [1.54, 1.807) is 18.2 Å². The molecule has 0 unspecified atom stereocenters. The van der Waals surface area contributed by atoms with E-state index in [4.69, 9.17) is 0 Å². The molecule has 3 rings (SSSR count). The molecule has 6 nitrogen and oxygen atoms in total. The van der Waals surface area contributed by atoms with Crippen molar-refractivity contribution >= 4 is 22.5 Å². The van der Waals surface area contributed by atoms with Crippen LogP contribution in [0.2, 0.25) is 0 Å². The number of amides is 1. The summed E-state index contributed by atoms with van der Waals surface area (Å²) in [6, 6.07) is 14.9. The summed E-state index contributed by atoms with van der Waals surface area (Å²) >= 11 is 0. The molecular formula is C19H20N4O2. The zero-order valence-electron chi connectivity index (χ0n) is 14.3. The van der Waals surface area contributed by atoms with Crippen molar-refractivity contribution in [2.45, 2.75) is 13.1 Å². The first-order valence-electron chi connectivity index (χ1n) is 8.01. The fourth-order valence-corrected chi connectivity index (χ4v) is 2.74. The third-order valence-electron chi connectivity index (χ3n) is 3.76. The lowest BCUT2D eigenvalue weighted by molar-refractivity contribution is -0.116. The molecule has 0 bridgehead atoms. The second kappa shape index (κ2) is 7.27. The van der Waals surface area contributed by atoms with Gasteiger partial charge in [-0.1, -0.05) is 24.3 Å². The Balaban J connectivity index is 1.78. The molecular weight excluding hydrogens is 316 g/mol. The lowest BCUT2D eigenvalue weighted by Crippen LogP contribution is -2.22. The Labute approximate surface area is 145 Å². The Hall–Kier alpha value is -2.99. The third kappa shape index (κ3) is 4.10. The number of benzene rings is 2. The van der Waals surface area contributed by atoms with Crippen LogP contribution >= 0.6 is 0 Å². The van der Waals surface area contributed by atoms with Crippen LogP contribution < -0.4 is 10.7 Å². The summed E-state index contributed by atoms with van der Waals surface area (Å²) in [6.07, 6.45) is 1.24. The summed E-state index contributed by atoms with van der Waals surface area (Å²) in [5, 5.41) is 7.52. The van der Waals surface area contributed by atoms with E-state index in [2.05, 4.69) is 15.3 Å². The Bertz CT molecular complexity index is 963. The Morgan fingerprint density at radius 3 is 2.76 bits per heavy atom. The number of hydrogen-bond acceptors (Lipinski definition) is 4. The fraction of sp³-hybridized carbons (Fsp3) is 0.211. The van der Waals surface area contributed by atoms with Gasteiger partial charge in [0.2, 0.25) is 11.3 Å². The molecule has 1 amide bonds. The molecule has 0 spiro atoms. The molecule has 0 radical (unpaired) electrons. The van der Waals surface area contributed by atoms with Crippen LogP contribution in [0, 0.1) is 0 Å². The zero-order valence-corrected chi connectivity index (χ0v) is 14.3. The highest BCUT2D eigenvalue weighted by atomic mass is 16.2. The number of anilines is 1. The van der Waals surface area contributed by atoms with Gasteiger partial charge in [0.05, 0.1) is 11.7 Å². The normalized spacial score (nSPS) is 11.0. The van der Waals surface area contributed by atoms with Gasteiger partial charge in [-0.2, -0.15) is 5.10 Å². The van der Waals surface area contributed by atoms with Gasteiger partial charge < -0.3 is 10.2 Å². The molecule has 1 N–H and O–H groups in total. The minimum absolute atomic E-state index is 0.0404. The molecule has 0 aliphatic rings. The maximum Gasteiger partial charge on any atom is 0.246 e. The van der Waals surface area contributed by atoms with Gasteiger partial charge in [0, 0.05) is 17.6 Å². The monoisotopic (exact) mass is 336 g/mol. The smallest absolute Gasteiger partial charge is 0.246 e. The highest BCUT2D eigenvalue weighted by molar-refractivity contribution is 5.91. The molecule has 128 valence electrons. The number of nitrogens with one attached hydrogen (secondary N) is 1. The van der Waals surface area contributed by atoms with Gasteiger partial charge in [0.25, 0.3) is 0 Å². The van der Waals surface area contributed by atoms with Crippen molar-refractivity contribution in [1.82, 2.24) is 14.7 Å². The van der Waals surface area contributed by atoms with Gasteiger partial charge in [-0.25, -0.2) is 0 Å².